The quantitative estimate of drug-likeness (QED) is 0.729. The summed E-state index contributed by atoms with van der Waals surface area (Å²) in [4.78, 5) is 16.6. The Bertz CT molecular complexity index is 975. The van der Waals surface area contributed by atoms with Gasteiger partial charge in [0.05, 0.1) is 23.3 Å². The van der Waals surface area contributed by atoms with Crippen LogP contribution in [0.3, 0.4) is 0 Å². The van der Waals surface area contributed by atoms with Crippen molar-refractivity contribution in [2.45, 2.75) is 24.4 Å². The molecule has 0 radical (unpaired) electrons. The number of sulfonamides is 1. The zero-order chi connectivity index (χ0) is 21.1. The molecular formula is C18H19F3N2O4S. The van der Waals surface area contributed by atoms with Crippen LogP contribution < -0.4 is 4.72 Å². The van der Waals surface area contributed by atoms with E-state index in [4.69, 9.17) is 4.84 Å². The first-order valence-corrected chi connectivity index (χ1v) is 9.63. The van der Waals surface area contributed by atoms with E-state index in [0.717, 1.165) is 23.3 Å². The Morgan fingerprint density at radius 1 is 1.18 bits per heavy atom. The van der Waals surface area contributed by atoms with Crippen LogP contribution in [-0.4, -0.2) is 33.5 Å². The van der Waals surface area contributed by atoms with Crippen LogP contribution in [-0.2, 0) is 27.5 Å². The molecule has 152 valence electrons. The smallest absolute Gasteiger partial charge is 0.279 e. The molecule has 6 nitrogen and oxygen atoms in total. The van der Waals surface area contributed by atoms with Gasteiger partial charge >= 0.3 is 6.18 Å². The second-order valence-corrected chi connectivity index (χ2v) is 7.48. The van der Waals surface area contributed by atoms with Crippen molar-refractivity contribution in [3.8, 4) is 0 Å². The van der Waals surface area contributed by atoms with Gasteiger partial charge in [0.25, 0.3) is 15.9 Å². The van der Waals surface area contributed by atoms with E-state index in [1.165, 1.54) is 45.3 Å². The highest BCUT2D eigenvalue weighted by Crippen LogP contribution is 2.36. The largest absolute Gasteiger partial charge is 0.416 e. The van der Waals surface area contributed by atoms with Gasteiger partial charge in [-0.15, -0.1) is 0 Å². The molecule has 0 bridgehead atoms. The summed E-state index contributed by atoms with van der Waals surface area (Å²) in [6, 6.07) is 8.42. The minimum atomic E-state index is -4.61. The lowest BCUT2D eigenvalue weighted by molar-refractivity contribution is -0.138. The Kier molecular flexibility index (Phi) is 6.35. The number of anilines is 1. The van der Waals surface area contributed by atoms with Gasteiger partial charge in [0, 0.05) is 12.6 Å². The lowest BCUT2D eigenvalue weighted by Crippen LogP contribution is -2.25. The third-order valence-corrected chi connectivity index (χ3v) is 5.39. The molecule has 2 rings (SSSR count). The third kappa shape index (κ3) is 4.63. The van der Waals surface area contributed by atoms with E-state index >= 15 is 0 Å². The minimum absolute atomic E-state index is 0.0231. The zero-order valence-electron chi connectivity index (χ0n) is 15.4. The van der Waals surface area contributed by atoms with Gasteiger partial charge in [-0.3, -0.25) is 14.4 Å². The molecule has 1 N–H and O–H groups in total. The SMILES string of the molecule is CCc1c(NS(=O)(=O)c2cccc(C(=O)N(C)OC)c2)cccc1C(F)(F)F. The van der Waals surface area contributed by atoms with Gasteiger partial charge in [-0.2, -0.15) is 13.2 Å². The van der Waals surface area contributed by atoms with Crippen LogP contribution in [0.25, 0.3) is 0 Å². The summed E-state index contributed by atoms with van der Waals surface area (Å²) in [6.07, 6.45) is -4.63. The average Bonchev–Trinajstić information content (AvgIpc) is 2.65. The molecule has 0 heterocycles. The highest BCUT2D eigenvalue weighted by Gasteiger charge is 2.34. The molecule has 0 spiro atoms. The summed E-state index contributed by atoms with van der Waals surface area (Å²) in [5.74, 6) is -0.576. The van der Waals surface area contributed by atoms with E-state index < -0.39 is 27.7 Å². The number of nitrogens with one attached hydrogen (secondary N) is 1. The maximum atomic E-state index is 13.2. The second kappa shape index (κ2) is 8.19. The van der Waals surface area contributed by atoms with Crippen molar-refractivity contribution < 1.29 is 31.2 Å². The predicted octanol–water partition coefficient (Wildman–Crippen LogP) is 3.70. The van der Waals surface area contributed by atoms with E-state index in [1.54, 1.807) is 0 Å². The van der Waals surface area contributed by atoms with Crippen LogP contribution in [0.4, 0.5) is 18.9 Å². The molecule has 2 aromatic rings. The average molecular weight is 416 g/mol. The van der Waals surface area contributed by atoms with Gasteiger partial charge in [-0.1, -0.05) is 19.1 Å². The fourth-order valence-electron chi connectivity index (χ4n) is 2.59. The number of nitrogens with zero attached hydrogens (tertiary/aromatic N) is 1. The fourth-order valence-corrected chi connectivity index (χ4v) is 3.73. The van der Waals surface area contributed by atoms with Crippen LogP contribution in [0, 0.1) is 0 Å². The van der Waals surface area contributed by atoms with Crippen LogP contribution in [0.5, 0.6) is 0 Å². The Balaban J connectivity index is 2.44. The van der Waals surface area contributed by atoms with Crippen molar-refractivity contribution in [1.82, 2.24) is 5.06 Å². The number of halogens is 3. The molecule has 2 aromatic carbocycles. The topological polar surface area (TPSA) is 75.7 Å². The number of hydrogen-bond donors (Lipinski definition) is 1. The monoisotopic (exact) mass is 416 g/mol. The molecule has 0 aromatic heterocycles. The number of amides is 1. The summed E-state index contributed by atoms with van der Waals surface area (Å²) in [5.41, 5.74) is -1.18. The van der Waals surface area contributed by atoms with Crippen molar-refractivity contribution in [3.63, 3.8) is 0 Å². The molecule has 0 fully saturated rings. The van der Waals surface area contributed by atoms with E-state index in [2.05, 4.69) is 4.72 Å². The second-order valence-electron chi connectivity index (χ2n) is 5.80. The highest BCUT2D eigenvalue weighted by molar-refractivity contribution is 7.92. The molecule has 0 unspecified atom stereocenters. The van der Waals surface area contributed by atoms with E-state index in [-0.39, 0.29) is 28.1 Å². The Hall–Kier alpha value is -2.59. The summed E-state index contributed by atoms with van der Waals surface area (Å²) in [5, 5.41) is 0.918. The molecule has 1 amide bonds. The molecule has 0 aliphatic rings. The van der Waals surface area contributed by atoms with E-state index in [0.29, 0.717) is 0 Å². The van der Waals surface area contributed by atoms with Crippen molar-refractivity contribution in [2.24, 2.45) is 0 Å². The molecule has 28 heavy (non-hydrogen) atoms. The van der Waals surface area contributed by atoms with Crippen LogP contribution in [0.1, 0.15) is 28.4 Å². The molecule has 0 saturated carbocycles. The lowest BCUT2D eigenvalue weighted by atomic mass is 10.0. The van der Waals surface area contributed by atoms with Crippen molar-refractivity contribution in [1.29, 1.82) is 0 Å². The minimum Gasteiger partial charge on any atom is -0.279 e. The first kappa shape index (κ1) is 21.7. The number of benzene rings is 2. The van der Waals surface area contributed by atoms with Crippen LogP contribution in [0.2, 0.25) is 0 Å². The zero-order valence-corrected chi connectivity index (χ0v) is 16.2. The number of alkyl halides is 3. The van der Waals surface area contributed by atoms with Gasteiger partial charge in [-0.25, -0.2) is 13.5 Å². The van der Waals surface area contributed by atoms with Crippen molar-refractivity contribution in [2.75, 3.05) is 18.9 Å². The Morgan fingerprint density at radius 3 is 2.39 bits per heavy atom. The van der Waals surface area contributed by atoms with Crippen LogP contribution >= 0.6 is 0 Å². The number of carbonyl (C=O) groups is 1. The highest BCUT2D eigenvalue weighted by atomic mass is 32.2. The van der Waals surface area contributed by atoms with E-state index in [9.17, 15) is 26.4 Å². The molecule has 0 atom stereocenters. The predicted molar refractivity (Wildman–Crippen MR) is 97.2 cm³/mol. The van der Waals surface area contributed by atoms with Gasteiger partial charge < -0.3 is 0 Å². The fraction of sp³-hybridized carbons (Fsp3) is 0.278. The third-order valence-electron chi connectivity index (χ3n) is 4.03. The van der Waals surface area contributed by atoms with Crippen molar-refractivity contribution >= 4 is 21.6 Å². The molecular weight excluding hydrogens is 397 g/mol. The molecule has 0 aliphatic heterocycles. The van der Waals surface area contributed by atoms with Gasteiger partial charge in [0.1, 0.15) is 0 Å². The first-order chi connectivity index (χ1) is 13.0. The van der Waals surface area contributed by atoms with Gasteiger partial charge in [-0.05, 0) is 42.3 Å². The number of rotatable bonds is 6. The summed E-state index contributed by atoms with van der Waals surface area (Å²) in [6.45, 7) is 1.50. The number of hydrogen-bond acceptors (Lipinski definition) is 4. The summed E-state index contributed by atoms with van der Waals surface area (Å²) in [7, 11) is -1.59. The van der Waals surface area contributed by atoms with Gasteiger partial charge in [0.2, 0.25) is 0 Å². The molecule has 0 aliphatic carbocycles. The van der Waals surface area contributed by atoms with E-state index in [1.807, 2.05) is 0 Å². The first-order valence-electron chi connectivity index (χ1n) is 8.15. The maximum Gasteiger partial charge on any atom is 0.416 e. The maximum absolute atomic E-state index is 13.2. The standard InChI is InChI=1S/C18H19F3N2O4S/c1-4-14-15(18(19,20)21)9-6-10-16(14)22-28(25,26)13-8-5-7-12(11-13)17(24)23(2)27-3/h5-11,22H,4H2,1-3H3. The number of carbonyl (C=O) groups excluding carboxylic acids is 1. The summed E-state index contributed by atoms with van der Waals surface area (Å²) >= 11 is 0. The molecule has 0 saturated heterocycles. The lowest BCUT2D eigenvalue weighted by Gasteiger charge is -2.18. The van der Waals surface area contributed by atoms with Gasteiger partial charge in [0.15, 0.2) is 0 Å². The van der Waals surface area contributed by atoms with Crippen LogP contribution in [0.15, 0.2) is 47.4 Å². The van der Waals surface area contributed by atoms with Crippen molar-refractivity contribution in [3.05, 3.63) is 59.2 Å². The summed E-state index contributed by atoms with van der Waals surface area (Å²) < 4.78 is 67.2. The molecule has 10 heteroatoms. The number of hydroxylamine groups is 2. The Labute approximate surface area is 160 Å². The Morgan fingerprint density at radius 2 is 1.82 bits per heavy atom. The normalized spacial score (nSPS) is 11.9.